The number of fused-ring (bicyclic) bond motifs is 8. The van der Waals surface area contributed by atoms with E-state index in [1.165, 1.54) is 11.1 Å². The summed E-state index contributed by atoms with van der Waals surface area (Å²) in [6, 6.07) is 23.4. The summed E-state index contributed by atoms with van der Waals surface area (Å²) in [5.74, 6) is 3.83. The largest absolute Gasteiger partial charge is 0.493 e. The summed E-state index contributed by atoms with van der Waals surface area (Å²) in [5.41, 5.74) is 11.7. The molecule has 0 atom stereocenters. The van der Waals surface area contributed by atoms with Crippen LogP contribution in [-0.4, -0.2) is 35.6 Å². The zero-order chi connectivity index (χ0) is 43.6. The van der Waals surface area contributed by atoms with Crippen molar-refractivity contribution in [1.82, 2.24) is 9.13 Å². The molecule has 1 aliphatic rings. The highest BCUT2D eigenvalue weighted by molar-refractivity contribution is 5.57. The van der Waals surface area contributed by atoms with Crippen LogP contribution in [0.25, 0.3) is 0 Å². The predicted octanol–water partition coefficient (Wildman–Crippen LogP) is 10.6. The highest BCUT2D eigenvalue weighted by Gasteiger charge is 2.24. The first-order valence-corrected chi connectivity index (χ1v) is 23.2. The number of aromatic nitrogens is 4. The van der Waals surface area contributed by atoms with Crippen LogP contribution >= 0.6 is 0 Å². The summed E-state index contributed by atoms with van der Waals surface area (Å²) in [6.45, 7) is 21.4. The lowest BCUT2D eigenvalue weighted by Crippen LogP contribution is -2.32. The van der Waals surface area contributed by atoms with E-state index in [4.69, 9.17) is 18.9 Å². The first-order valence-electron chi connectivity index (χ1n) is 23.2. The predicted molar refractivity (Wildman–Crippen MR) is 246 cm³/mol. The van der Waals surface area contributed by atoms with Gasteiger partial charge < -0.3 is 37.2 Å². The molecule has 0 aliphatic heterocycles. The van der Waals surface area contributed by atoms with Crippen LogP contribution in [-0.2, 0) is 38.8 Å². The van der Waals surface area contributed by atoms with Crippen molar-refractivity contribution in [3.63, 3.8) is 0 Å². The minimum absolute atomic E-state index is 0.332. The molecule has 4 aromatic carbocycles. The molecule has 0 fully saturated rings. The lowest BCUT2D eigenvalue weighted by molar-refractivity contribution is -0.692. The Morgan fingerprint density at radius 1 is 0.468 bits per heavy atom. The molecule has 7 rings (SSSR count). The van der Waals surface area contributed by atoms with Gasteiger partial charge in [-0.25, -0.2) is 0 Å². The van der Waals surface area contributed by atoms with Crippen molar-refractivity contribution in [3.05, 3.63) is 154 Å². The van der Waals surface area contributed by atoms with Gasteiger partial charge in [0.25, 0.3) is 0 Å². The third-order valence-electron chi connectivity index (χ3n) is 11.4. The Balaban J connectivity index is 1.46. The Morgan fingerprint density at radius 2 is 0.758 bits per heavy atom. The Bertz CT molecular complexity index is 2150. The molecule has 0 saturated carbocycles. The fourth-order valence-electron chi connectivity index (χ4n) is 8.45. The molecule has 8 nitrogen and oxygen atoms in total. The molecular formula is C54H68N4O4. The molecule has 0 unspecified atom stereocenters. The van der Waals surface area contributed by atoms with Gasteiger partial charge in [-0.15, -0.1) is 0 Å². The molecule has 0 radical (unpaired) electrons. The lowest BCUT2D eigenvalue weighted by atomic mass is 9.89. The smallest absolute Gasteiger partial charge is 0.204 e. The molecule has 8 heteroatoms. The number of hydrogen-bond acceptors (Lipinski definition) is 4. The average Bonchev–Trinajstić information content (AvgIpc) is 3.93. The number of para-hydroxylation sites is 2. The number of nitrogens with zero attached hydrogens (tertiary/aromatic N) is 4. The van der Waals surface area contributed by atoms with E-state index in [9.17, 15) is 0 Å². The Labute approximate surface area is 371 Å². The van der Waals surface area contributed by atoms with Crippen LogP contribution in [0.2, 0.25) is 0 Å². The third kappa shape index (κ3) is 10.7. The average molecular weight is 837 g/mol. The molecule has 6 aromatic rings. The highest BCUT2D eigenvalue weighted by atomic mass is 16.5. The first kappa shape index (κ1) is 44.6. The summed E-state index contributed by atoms with van der Waals surface area (Å²) in [7, 11) is 0. The lowest BCUT2D eigenvalue weighted by Gasteiger charge is -2.24. The minimum atomic E-state index is 0.332. The summed E-state index contributed by atoms with van der Waals surface area (Å²) in [5, 5.41) is 0. The first-order chi connectivity index (χ1) is 30.2. The second-order valence-corrected chi connectivity index (χ2v) is 17.5. The SMILES string of the molecule is CCCOc1c2cccc1Cc1cc(C[n+]3[c-]n(C(C)C)cc3)cc(c1OCCC)Cc1cccc(c1OCCC)Cc1cc(C[n+]3[c-]n(C(C)C)cc3)cc(c1OCCC)C2. The maximum absolute atomic E-state index is 6.83. The van der Waals surface area contributed by atoms with Gasteiger partial charge in [-0.05, 0) is 158 Å². The monoisotopic (exact) mass is 837 g/mol. The fraction of sp³-hybridized carbons (Fsp3) is 0.444. The van der Waals surface area contributed by atoms with Gasteiger partial charge in [0.15, 0.2) is 0 Å². The fourth-order valence-corrected chi connectivity index (χ4v) is 8.45. The number of rotatable bonds is 18. The molecule has 0 N–H and O–H groups in total. The highest BCUT2D eigenvalue weighted by Crippen LogP contribution is 2.40. The topological polar surface area (TPSA) is 54.5 Å². The van der Waals surface area contributed by atoms with Crippen LogP contribution in [0, 0.1) is 12.7 Å². The van der Waals surface area contributed by atoms with Crippen molar-refractivity contribution in [1.29, 1.82) is 0 Å². The van der Waals surface area contributed by atoms with E-state index in [0.717, 1.165) is 93.2 Å². The normalized spacial score (nSPS) is 12.5. The summed E-state index contributed by atoms with van der Waals surface area (Å²) < 4.78 is 35.9. The second-order valence-electron chi connectivity index (χ2n) is 17.5. The molecule has 0 amide bonds. The Hall–Kier alpha value is -5.50. The zero-order valence-electron chi connectivity index (χ0n) is 38.6. The van der Waals surface area contributed by atoms with Crippen LogP contribution < -0.4 is 28.1 Å². The molecular weight excluding hydrogens is 769 g/mol. The van der Waals surface area contributed by atoms with Crippen molar-refractivity contribution in [2.75, 3.05) is 26.4 Å². The molecule has 2 aromatic heterocycles. The number of hydrogen-bond donors (Lipinski definition) is 0. The maximum Gasteiger partial charge on any atom is 0.204 e. The van der Waals surface area contributed by atoms with E-state index in [0.29, 0.717) is 77.3 Å². The second kappa shape index (κ2) is 21.0. The van der Waals surface area contributed by atoms with Gasteiger partial charge in [-0.3, -0.25) is 0 Å². The Kier molecular flexibility index (Phi) is 15.1. The molecule has 328 valence electrons. The van der Waals surface area contributed by atoms with E-state index in [2.05, 4.69) is 172 Å². The number of benzene rings is 4. The van der Waals surface area contributed by atoms with Crippen LogP contribution in [0.5, 0.6) is 23.0 Å². The molecule has 62 heavy (non-hydrogen) atoms. The van der Waals surface area contributed by atoms with Crippen molar-refractivity contribution in [2.45, 2.75) is 132 Å². The third-order valence-corrected chi connectivity index (χ3v) is 11.4. The van der Waals surface area contributed by atoms with Gasteiger partial charge in [0.1, 0.15) is 23.0 Å². The van der Waals surface area contributed by atoms with E-state index >= 15 is 0 Å². The van der Waals surface area contributed by atoms with Gasteiger partial charge >= 0.3 is 0 Å². The van der Waals surface area contributed by atoms with Crippen molar-refractivity contribution < 1.29 is 28.1 Å². The Morgan fingerprint density at radius 3 is 1.02 bits per heavy atom. The van der Waals surface area contributed by atoms with E-state index in [1.807, 2.05) is 0 Å². The van der Waals surface area contributed by atoms with Crippen LogP contribution in [0.4, 0.5) is 0 Å². The van der Waals surface area contributed by atoms with Crippen LogP contribution in [0.1, 0.15) is 149 Å². The standard InChI is InChI=1S/C54H68N4O4/c1-9-23-59-51-43-15-13-16-44(51)32-48-28-42(36-56-20-22-58(38-56)40(7)8)30-50(54(48)62-26-12-4)34-46-18-14-17-45(52(46)60-24-10-2)33-49-29-41(27-47(31-43)53(49)61-25-11-3)35-55-19-21-57(37-55)39(5)6/h13-22,27-30,39-40H,9-12,23-26,31-36H2,1-8H3. The molecule has 8 bridgehead atoms. The van der Waals surface area contributed by atoms with Gasteiger partial charge in [0.05, 0.1) is 51.6 Å². The van der Waals surface area contributed by atoms with Crippen molar-refractivity contribution in [3.8, 4) is 23.0 Å². The van der Waals surface area contributed by atoms with E-state index in [1.54, 1.807) is 0 Å². The van der Waals surface area contributed by atoms with E-state index in [-0.39, 0.29) is 0 Å². The summed E-state index contributed by atoms with van der Waals surface area (Å²) in [4.78, 5) is 0. The van der Waals surface area contributed by atoms with Gasteiger partial charge in [0, 0.05) is 25.7 Å². The van der Waals surface area contributed by atoms with E-state index < -0.39 is 0 Å². The van der Waals surface area contributed by atoms with Crippen molar-refractivity contribution in [2.24, 2.45) is 0 Å². The summed E-state index contributed by atoms with van der Waals surface area (Å²) >= 11 is 0. The zero-order valence-corrected chi connectivity index (χ0v) is 38.6. The van der Waals surface area contributed by atoms with Gasteiger partial charge in [-0.2, -0.15) is 0 Å². The van der Waals surface area contributed by atoms with Crippen LogP contribution in [0.3, 0.4) is 0 Å². The van der Waals surface area contributed by atoms with Crippen LogP contribution in [0.15, 0.2) is 85.5 Å². The molecule has 0 spiro atoms. The van der Waals surface area contributed by atoms with Gasteiger partial charge in [-0.1, -0.05) is 64.1 Å². The van der Waals surface area contributed by atoms with Crippen molar-refractivity contribution >= 4 is 0 Å². The number of ether oxygens (including phenoxy) is 4. The quantitative estimate of drug-likeness (QED) is 0.0638. The number of imidazole rings is 2. The maximum atomic E-state index is 6.83. The molecule has 1 aliphatic carbocycles. The van der Waals surface area contributed by atoms with Gasteiger partial charge in [0.2, 0.25) is 12.7 Å². The molecule has 0 saturated heterocycles. The minimum Gasteiger partial charge on any atom is -0.493 e. The molecule has 2 heterocycles. The summed E-state index contributed by atoms with van der Waals surface area (Å²) in [6.07, 6.45) is 21.9.